The van der Waals surface area contributed by atoms with E-state index in [1.165, 1.54) is 11.1 Å². The molecule has 6 aromatic rings. The molecule has 278 valence electrons. The molecule has 0 N–H and O–H groups in total. The van der Waals surface area contributed by atoms with Crippen LogP contribution in [0.2, 0.25) is 0 Å². The Labute approximate surface area is 287 Å². The van der Waals surface area contributed by atoms with Crippen molar-refractivity contribution in [1.29, 1.82) is 0 Å². The molecule has 20 heteroatoms. The Morgan fingerprint density at radius 1 is 0.385 bits per heavy atom. The van der Waals surface area contributed by atoms with Crippen LogP contribution < -0.4 is 9.13 Å². The van der Waals surface area contributed by atoms with Crippen molar-refractivity contribution in [2.24, 2.45) is 0 Å². The van der Waals surface area contributed by atoms with Gasteiger partial charge in [0.25, 0.3) is 0 Å². The van der Waals surface area contributed by atoms with E-state index in [9.17, 15) is 50.4 Å². The van der Waals surface area contributed by atoms with Crippen molar-refractivity contribution in [2.75, 3.05) is 0 Å². The van der Waals surface area contributed by atoms with E-state index < -0.39 is 15.6 Å². The number of rotatable bonds is 7. The van der Waals surface area contributed by atoms with Gasteiger partial charge in [0.05, 0.1) is 22.8 Å². The van der Waals surface area contributed by atoms with E-state index in [1.54, 1.807) is 12.4 Å². The van der Waals surface area contributed by atoms with Gasteiger partial charge in [-0.3, -0.25) is 19.9 Å². The minimum atomic E-state index is -10.7. The fourth-order valence-corrected chi connectivity index (χ4v) is 4.30. The van der Waals surface area contributed by atoms with E-state index in [0.717, 1.165) is 47.0 Å². The number of aromatic nitrogens is 6. The van der Waals surface area contributed by atoms with Gasteiger partial charge in [0.1, 0.15) is 0 Å². The molecule has 0 unspecified atom stereocenters. The van der Waals surface area contributed by atoms with Crippen LogP contribution in [0, 0.1) is 0 Å². The summed E-state index contributed by atoms with van der Waals surface area (Å²) in [4.78, 5) is 17.9. The summed E-state index contributed by atoms with van der Waals surface area (Å²) in [5.41, 5.74) is 8.18. The van der Waals surface area contributed by atoms with Crippen LogP contribution in [0.3, 0.4) is 0 Å². The van der Waals surface area contributed by atoms with Gasteiger partial charge >= 0.3 is 66.0 Å². The van der Waals surface area contributed by atoms with Crippen LogP contribution >= 0.6 is 15.6 Å². The second-order valence-electron chi connectivity index (χ2n) is 11.0. The summed E-state index contributed by atoms with van der Waals surface area (Å²) < 4.78 is 123. The molecule has 0 atom stereocenters. The van der Waals surface area contributed by atoms with E-state index in [1.807, 2.05) is 60.9 Å². The molecule has 0 aromatic carbocycles. The zero-order valence-electron chi connectivity index (χ0n) is 26.2. The van der Waals surface area contributed by atoms with Crippen molar-refractivity contribution in [3.05, 3.63) is 146 Å². The Bertz CT molecular complexity index is 1890. The first kappa shape index (κ1) is 39.7. The minimum Gasteiger partial charge on any atom is -0.255 e. The molecule has 0 aliphatic heterocycles. The fourth-order valence-electron chi connectivity index (χ4n) is 4.30. The van der Waals surface area contributed by atoms with Gasteiger partial charge < -0.3 is 0 Å². The van der Waals surface area contributed by atoms with Crippen molar-refractivity contribution >= 4 is 15.6 Å². The molecule has 0 spiro atoms. The van der Waals surface area contributed by atoms with E-state index in [0.29, 0.717) is 0 Å². The Morgan fingerprint density at radius 2 is 0.692 bits per heavy atom. The van der Waals surface area contributed by atoms with Crippen LogP contribution in [0.25, 0.3) is 33.9 Å². The van der Waals surface area contributed by atoms with Crippen molar-refractivity contribution in [2.45, 2.75) is 13.1 Å². The molecule has 6 aromatic heterocycles. The summed E-state index contributed by atoms with van der Waals surface area (Å²) in [6, 6.07) is 28.6. The standard InChI is InChI=1S/C32H26N6.2F6P/c1-3-15-33-29(5-1)31-9-7-25(21-35-31)23-37-17-11-27(12-18-37)28-13-19-38(20-14-28)24-26-8-10-32(36-22-26)30-6-2-4-16-34-30;2*1-7(2,3,4,5)6/h1-22H,23-24H2;;/q+2;2*-1. The summed E-state index contributed by atoms with van der Waals surface area (Å²) in [5, 5.41) is 0. The maximum Gasteiger partial charge on any atom is 0.175 e. The number of pyridine rings is 6. The molecule has 0 saturated heterocycles. The summed E-state index contributed by atoms with van der Waals surface area (Å²) in [5.74, 6) is 0. The molecule has 52 heavy (non-hydrogen) atoms. The molecular formula is C32H26F12N6P2. The second kappa shape index (κ2) is 13.5. The molecule has 0 fully saturated rings. The SMILES string of the molecule is F[P-](F)(F)(F)(F)F.F[P-](F)(F)(F)(F)F.c1ccc(-c2ccc(C[n+]3ccc(-c4cc[n+](Cc5ccc(-c6ccccn6)nc5)cc4)cc3)cn2)nc1. The normalized spacial score (nSPS) is 14.2. The minimum absolute atomic E-state index is 0.762. The maximum absolute atomic E-state index is 10.7. The average Bonchev–Trinajstić information content (AvgIpc) is 3.04. The number of hydrogen-bond donors (Lipinski definition) is 0. The first-order valence-electron chi connectivity index (χ1n) is 14.5. The third-order valence-corrected chi connectivity index (χ3v) is 6.35. The molecule has 0 amide bonds. The van der Waals surface area contributed by atoms with Crippen LogP contribution in [0.1, 0.15) is 11.1 Å². The van der Waals surface area contributed by atoms with Crippen LogP contribution in [0.15, 0.2) is 135 Å². The summed E-state index contributed by atoms with van der Waals surface area (Å²) in [7, 11) is -21.3. The van der Waals surface area contributed by atoms with Gasteiger partial charge in [0.15, 0.2) is 37.9 Å². The monoisotopic (exact) mass is 784 g/mol. The third-order valence-electron chi connectivity index (χ3n) is 6.35. The van der Waals surface area contributed by atoms with Gasteiger partial charge in [-0.1, -0.05) is 12.1 Å². The van der Waals surface area contributed by atoms with Gasteiger partial charge in [-0.15, -0.1) is 0 Å². The van der Waals surface area contributed by atoms with Gasteiger partial charge in [0.2, 0.25) is 0 Å². The molecule has 0 aliphatic rings. The van der Waals surface area contributed by atoms with Crippen LogP contribution in [0.5, 0.6) is 0 Å². The summed E-state index contributed by atoms with van der Waals surface area (Å²) in [6.07, 6.45) is 15.8. The predicted octanol–water partition coefficient (Wildman–Crippen LogP) is 11.7. The Kier molecular flexibility index (Phi) is 10.3. The zero-order valence-corrected chi connectivity index (χ0v) is 28.0. The molecule has 0 saturated carbocycles. The van der Waals surface area contributed by atoms with Crippen LogP contribution in [0.4, 0.5) is 50.4 Å². The first-order chi connectivity index (χ1) is 23.7. The van der Waals surface area contributed by atoms with Gasteiger partial charge in [-0.2, -0.15) is 0 Å². The summed E-state index contributed by atoms with van der Waals surface area (Å²) in [6.45, 7) is 1.52. The predicted molar refractivity (Wildman–Crippen MR) is 173 cm³/mol. The third kappa shape index (κ3) is 17.2. The molecule has 6 rings (SSSR count). The molecule has 0 aliphatic carbocycles. The largest absolute Gasteiger partial charge is 0.255 e. The van der Waals surface area contributed by atoms with E-state index in [4.69, 9.17) is 0 Å². The fraction of sp³-hybridized carbons (Fsp3) is 0.0625. The number of hydrogen-bond acceptors (Lipinski definition) is 4. The first-order valence-corrected chi connectivity index (χ1v) is 18.6. The Hall–Kier alpha value is -5.08. The smallest absolute Gasteiger partial charge is 0.175 e. The summed E-state index contributed by atoms with van der Waals surface area (Å²) >= 11 is 0. The van der Waals surface area contributed by atoms with Crippen LogP contribution in [-0.4, -0.2) is 19.9 Å². The second-order valence-corrected chi connectivity index (χ2v) is 14.8. The molecule has 6 nitrogen and oxygen atoms in total. The van der Waals surface area contributed by atoms with Crippen molar-refractivity contribution in [1.82, 2.24) is 19.9 Å². The van der Waals surface area contributed by atoms with Crippen LogP contribution in [-0.2, 0) is 13.1 Å². The van der Waals surface area contributed by atoms with Gasteiger partial charge in [-0.25, -0.2) is 9.13 Å². The Balaban J connectivity index is 0.000000367. The molecular weight excluding hydrogens is 758 g/mol. The quantitative estimate of drug-likeness (QED) is 0.0919. The maximum atomic E-state index is 9.87. The average molecular weight is 785 g/mol. The number of halogens is 12. The molecule has 0 bridgehead atoms. The van der Waals surface area contributed by atoms with E-state index >= 15 is 0 Å². The van der Waals surface area contributed by atoms with E-state index in [2.05, 4.69) is 90.3 Å². The van der Waals surface area contributed by atoms with Crippen molar-refractivity contribution in [3.63, 3.8) is 0 Å². The molecule has 6 heterocycles. The molecule has 0 radical (unpaired) electrons. The van der Waals surface area contributed by atoms with Crippen molar-refractivity contribution in [3.8, 4) is 33.9 Å². The zero-order chi connectivity index (χ0) is 38.4. The Morgan fingerprint density at radius 3 is 0.942 bits per heavy atom. The van der Waals surface area contributed by atoms with Crippen molar-refractivity contribution < 1.29 is 59.5 Å². The van der Waals surface area contributed by atoms with Gasteiger partial charge in [0, 0.05) is 60.2 Å². The van der Waals surface area contributed by atoms with E-state index in [-0.39, 0.29) is 0 Å². The van der Waals surface area contributed by atoms with Gasteiger partial charge in [-0.05, 0) is 59.7 Å². The topological polar surface area (TPSA) is 59.3 Å². The number of nitrogens with zero attached hydrogens (tertiary/aromatic N) is 6.